The number of hydrogen-bond donors (Lipinski definition) is 0. The Labute approximate surface area is 78.7 Å². The average molecular weight is 187 g/mol. The Morgan fingerprint density at radius 2 is 2.00 bits per heavy atom. The molecule has 0 bridgehead atoms. The molecule has 2 nitrogen and oxygen atoms in total. The van der Waals surface area contributed by atoms with Crippen LogP contribution in [0.1, 0.15) is 20.3 Å². The van der Waals surface area contributed by atoms with Gasteiger partial charge in [0.15, 0.2) is 0 Å². The van der Waals surface area contributed by atoms with Crippen LogP contribution in [0.4, 0.5) is 0 Å². The zero-order chi connectivity index (χ0) is 8.97. The summed E-state index contributed by atoms with van der Waals surface area (Å²) in [6.45, 7) is 7.74. The van der Waals surface area contributed by atoms with Crippen molar-refractivity contribution < 1.29 is 4.79 Å². The molecule has 0 saturated carbocycles. The fraction of sp³-hybridized carbons (Fsp3) is 0.889. The summed E-state index contributed by atoms with van der Waals surface area (Å²) in [6, 6.07) is 0. The van der Waals surface area contributed by atoms with E-state index in [0.717, 1.165) is 36.4 Å². The number of hydrogen-bond acceptors (Lipinski definition) is 3. The molecule has 1 saturated heterocycles. The van der Waals surface area contributed by atoms with Crippen LogP contribution < -0.4 is 0 Å². The van der Waals surface area contributed by atoms with Crippen LogP contribution in [-0.4, -0.2) is 41.3 Å². The summed E-state index contributed by atoms with van der Waals surface area (Å²) < 4.78 is 0. The molecule has 0 aromatic carbocycles. The van der Waals surface area contributed by atoms with E-state index in [1.54, 1.807) is 0 Å². The van der Waals surface area contributed by atoms with Crippen LogP contribution in [0.2, 0.25) is 0 Å². The summed E-state index contributed by atoms with van der Waals surface area (Å²) >= 11 is 2.05. The van der Waals surface area contributed by atoms with Crippen molar-refractivity contribution in [2.24, 2.45) is 0 Å². The molecule has 3 heteroatoms. The quantitative estimate of drug-likeness (QED) is 0.623. The molecule has 0 spiro atoms. The van der Waals surface area contributed by atoms with Crippen molar-refractivity contribution in [3.8, 4) is 0 Å². The molecule has 70 valence electrons. The first-order valence-corrected chi connectivity index (χ1v) is 5.48. The minimum atomic E-state index is 0.685. The van der Waals surface area contributed by atoms with E-state index in [2.05, 4.69) is 18.7 Å². The second kappa shape index (κ2) is 4.87. The highest BCUT2D eigenvalue weighted by atomic mass is 32.2. The summed E-state index contributed by atoms with van der Waals surface area (Å²) in [5.41, 5.74) is 0. The zero-order valence-corrected chi connectivity index (χ0v) is 8.64. The molecule has 0 aromatic heterocycles. The predicted molar refractivity (Wildman–Crippen MR) is 53.6 cm³/mol. The first-order valence-electron chi connectivity index (χ1n) is 4.54. The Morgan fingerprint density at radius 1 is 1.42 bits per heavy atom. The van der Waals surface area contributed by atoms with E-state index >= 15 is 0 Å². The highest BCUT2D eigenvalue weighted by Crippen LogP contribution is 2.24. The van der Waals surface area contributed by atoms with Crippen LogP contribution in [-0.2, 0) is 4.79 Å². The van der Waals surface area contributed by atoms with Crippen LogP contribution in [0, 0.1) is 0 Å². The topological polar surface area (TPSA) is 20.3 Å². The maximum Gasteiger partial charge on any atom is 0.121 e. The van der Waals surface area contributed by atoms with Crippen molar-refractivity contribution in [3.63, 3.8) is 0 Å². The van der Waals surface area contributed by atoms with E-state index in [1.807, 2.05) is 11.8 Å². The second-order valence-electron chi connectivity index (χ2n) is 3.47. The molecule has 0 N–H and O–H groups in total. The lowest BCUT2D eigenvalue weighted by atomic mass is 10.3. The summed E-state index contributed by atoms with van der Waals surface area (Å²) in [5, 5.41) is 1.45. The highest BCUT2D eigenvalue weighted by molar-refractivity contribution is 8.00. The van der Waals surface area contributed by atoms with Crippen molar-refractivity contribution in [2.75, 3.05) is 19.6 Å². The molecule has 12 heavy (non-hydrogen) atoms. The Hall–Kier alpha value is -0.0200. The standard InChI is InChI=1S/C9H17NOS/c1-8-6-10(4-3-5-11)7-9(2)12-8/h5,8-9H,3-4,6-7H2,1-2H3. The molecular weight excluding hydrogens is 170 g/mol. The molecule has 1 fully saturated rings. The molecular formula is C9H17NOS. The normalized spacial score (nSPS) is 31.8. The first kappa shape index (κ1) is 10.1. The number of carbonyl (C=O) groups excluding carboxylic acids is 1. The molecule has 1 aliphatic heterocycles. The third-order valence-electron chi connectivity index (χ3n) is 2.06. The third-order valence-corrected chi connectivity index (χ3v) is 3.29. The molecule has 1 rings (SSSR count). The van der Waals surface area contributed by atoms with Crippen molar-refractivity contribution in [1.82, 2.24) is 4.90 Å². The monoisotopic (exact) mass is 187 g/mol. The number of nitrogens with zero attached hydrogens (tertiary/aromatic N) is 1. The minimum absolute atomic E-state index is 0.685. The van der Waals surface area contributed by atoms with Crippen molar-refractivity contribution in [2.45, 2.75) is 30.8 Å². The maximum absolute atomic E-state index is 10.2. The number of thioether (sulfide) groups is 1. The van der Waals surface area contributed by atoms with Gasteiger partial charge in [-0.15, -0.1) is 0 Å². The Kier molecular flexibility index (Phi) is 4.09. The van der Waals surface area contributed by atoms with Crippen LogP contribution in [0.3, 0.4) is 0 Å². The van der Waals surface area contributed by atoms with E-state index in [0.29, 0.717) is 6.42 Å². The minimum Gasteiger partial charge on any atom is -0.303 e. The van der Waals surface area contributed by atoms with Gasteiger partial charge >= 0.3 is 0 Å². The lowest BCUT2D eigenvalue weighted by Crippen LogP contribution is -2.40. The smallest absolute Gasteiger partial charge is 0.121 e. The van der Waals surface area contributed by atoms with Gasteiger partial charge in [-0.1, -0.05) is 13.8 Å². The van der Waals surface area contributed by atoms with Gasteiger partial charge in [-0.3, -0.25) is 0 Å². The predicted octanol–water partition coefficient (Wildman–Crippen LogP) is 1.40. The molecule has 2 unspecified atom stereocenters. The fourth-order valence-electron chi connectivity index (χ4n) is 1.70. The number of carbonyl (C=O) groups is 1. The average Bonchev–Trinajstić information content (AvgIpc) is 1.99. The van der Waals surface area contributed by atoms with E-state index in [4.69, 9.17) is 0 Å². The number of aldehydes is 1. The second-order valence-corrected chi connectivity index (χ2v) is 5.35. The fourth-order valence-corrected chi connectivity index (χ4v) is 3.09. The summed E-state index contributed by atoms with van der Waals surface area (Å²) in [7, 11) is 0. The molecule has 0 radical (unpaired) electrons. The van der Waals surface area contributed by atoms with Crippen LogP contribution in [0.5, 0.6) is 0 Å². The van der Waals surface area contributed by atoms with Gasteiger partial charge in [0.1, 0.15) is 6.29 Å². The zero-order valence-electron chi connectivity index (χ0n) is 7.82. The van der Waals surface area contributed by atoms with E-state index in [1.165, 1.54) is 0 Å². The van der Waals surface area contributed by atoms with Crippen molar-refractivity contribution >= 4 is 18.0 Å². The first-order chi connectivity index (χ1) is 5.72. The van der Waals surface area contributed by atoms with Gasteiger partial charge in [-0.25, -0.2) is 0 Å². The van der Waals surface area contributed by atoms with Gasteiger partial charge < -0.3 is 9.69 Å². The van der Waals surface area contributed by atoms with Crippen LogP contribution in [0.25, 0.3) is 0 Å². The maximum atomic E-state index is 10.2. The van der Waals surface area contributed by atoms with Gasteiger partial charge in [-0.2, -0.15) is 11.8 Å². The van der Waals surface area contributed by atoms with E-state index in [9.17, 15) is 4.79 Å². The molecule has 0 aliphatic carbocycles. The van der Waals surface area contributed by atoms with Crippen LogP contribution >= 0.6 is 11.8 Å². The largest absolute Gasteiger partial charge is 0.303 e. The molecule has 2 atom stereocenters. The van der Waals surface area contributed by atoms with E-state index < -0.39 is 0 Å². The molecule has 1 heterocycles. The van der Waals surface area contributed by atoms with Crippen molar-refractivity contribution in [1.29, 1.82) is 0 Å². The van der Waals surface area contributed by atoms with Gasteiger partial charge in [0, 0.05) is 36.6 Å². The SMILES string of the molecule is CC1CN(CCC=O)CC(C)S1. The third kappa shape index (κ3) is 3.15. The molecule has 0 amide bonds. The van der Waals surface area contributed by atoms with Crippen molar-refractivity contribution in [3.05, 3.63) is 0 Å². The molecule has 0 aromatic rings. The van der Waals surface area contributed by atoms with Gasteiger partial charge in [0.2, 0.25) is 0 Å². The lowest BCUT2D eigenvalue weighted by Gasteiger charge is -2.34. The summed E-state index contributed by atoms with van der Waals surface area (Å²) in [6.07, 6.45) is 1.70. The Balaban J connectivity index is 2.28. The summed E-state index contributed by atoms with van der Waals surface area (Å²) in [4.78, 5) is 12.6. The lowest BCUT2D eigenvalue weighted by molar-refractivity contribution is -0.108. The highest BCUT2D eigenvalue weighted by Gasteiger charge is 2.21. The Morgan fingerprint density at radius 3 is 2.50 bits per heavy atom. The van der Waals surface area contributed by atoms with Gasteiger partial charge in [0.05, 0.1) is 0 Å². The van der Waals surface area contributed by atoms with Gasteiger partial charge in [0.25, 0.3) is 0 Å². The molecule has 1 aliphatic rings. The number of rotatable bonds is 3. The summed E-state index contributed by atoms with van der Waals surface area (Å²) in [5.74, 6) is 0. The van der Waals surface area contributed by atoms with Crippen LogP contribution in [0.15, 0.2) is 0 Å². The van der Waals surface area contributed by atoms with Gasteiger partial charge in [-0.05, 0) is 0 Å². The Bertz CT molecular complexity index is 141. The van der Waals surface area contributed by atoms with E-state index in [-0.39, 0.29) is 0 Å².